The molecule has 0 fully saturated rings. The highest BCUT2D eigenvalue weighted by Crippen LogP contribution is 2.10. The van der Waals surface area contributed by atoms with E-state index in [0.717, 1.165) is 12.5 Å². The van der Waals surface area contributed by atoms with Gasteiger partial charge in [-0.2, -0.15) is 0 Å². The summed E-state index contributed by atoms with van der Waals surface area (Å²) in [6, 6.07) is 3.53. The number of ether oxygens (including phenoxy) is 1. The van der Waals surface area contributed by atoms with Crippen molar-refractivity contribution in [3.05, 3.63) is 35.4 Å². The number of rotatable bonds is 7. The maximum atomic E-state index is 13.3. The van der Waals surface area contributed by atoms with E-state index < -0.39 is 17.5 Å². The second kappa shape index (κ2) is 7.76. The Labute approximate surface area is 105 Å². The van der Waals surface area contributed by atoms with Crippen molar-refractivity contribution in [1.82, 2.24) is 5.32 Å². The molecule has 0 radical (unpaired) electrons. The molecule has 1 N–H and O–H groups in total. The van der Waals surface area contributed by atoms with Crippen LogP contribution in [0.5, 0.6) is 0 Å². The number of halogens is 2. The third-order valence-corrected chi connectivity index (χ3v) is 2.30. The van der Waals surface area contributed by atoms with E-state index in [1.165, 1.54) is 12.1 Å². The van der Waals surface area contributed by atoms with Crippen LogP contribution >= 0.6 is 0 Å². The Bertz CT molecular complexity index is 397. The fourth-order valence-corrected chi connectivity index (χ4v) is 1.40. The molecule has 0 bridgehead atoms. The number of benzene rings is 1. The zero-order chi connectivity index (χ0) is 13.4. The molecule has 3 nitrogen and oxygen atoms in total. The number of carbonyl (C=O) groups excluding carboxylic acids is 1. The molecular formula is C13H17F2NO2. The normalized spacial score (nSPS) is 10.4. The van der Waals surface area contributed by atoms with E-state index in [1.807, 2.05) is 6.92 Å². The first-order valence-corrected chi connectivity index (χ1v) is 5.96. The van der Waals surface area contributed by atoms with Crippen LogP contribution in [0.2, 0.25) is 0 Å². The van der Waals surface area contributed by atoms with Crippen molar-refractivity contribution in [2.45, 2.75) is 19.8 Å². The predicted molar refractivity (Wildman–Crippen MR) is 64.4 cm³/mol. The van der Waals surface area contributed by atoms with Crippen molar-refractivity contribution in [3.8, 4) is 0 Å². The SMILES string of the molecule is CCCOCCCNC(=O)c1cccc(F)c1F. The maximum Gasteiger partial charge on any atom is 0.254 e. The fraction of sp³-hybridized carbons (Fsp3) is 0.462. The molecule has 0 saturated carbocycles. The molecule has 0 aliphatic rings. The minimum absolute atomic E-state index is 0.274. The summed E-state index contributed by atoms with van der Waals surface area (Å²) in [6.07, 6.45) is 1.59. The Hall–Kier alpha value is -1.49. The maximum absolute atomic E-state index is 13.3. The highest BCUT2D eigenvalue weighted by molar-refractivity contribution is 5.94. The summed E-state index contributed by atoms with van der Waals surface area (Å²) in [7, 11) is 0. The summed E-state index contributed by atoms with van der Waals surface area (Å²) in [6.45, 7) is 3.61. The van der Waals surface area contributed by atoms with Crippen molar-refractivity contribution in [1.29, 1.82) is 0 Å². The predicted octanol–water partition coefficient (Wildman–Crippen LogP) is 2.51. The fourth-order valence-electron chi connectivity index (χ4n) is 1.40. The second-order valence-corrected chi connectivity index (χ2v) is 3.82. The van der Waals surface area contributed by atoms with Crippen molar-refractivity contribution in [2.24, 2.45) is 0 Å². The van der Waals surface area contributed by atoms with Crippen LogP contribution in [0.1, 0.15) is 30.1 Å². The first kappa shape index (κ1) is 14.6. The second-order valence-electron chi connectivity index (χ2n) is 3.82. The Morgan fingerprint density at radius 1 is 1.33 bits per heavy atom. The molecule has 18 heavy (non-hydrogen) atoms. The number of nitrogens with one attached hydrogen (secondary N) is 1. The van der Waals surface area contributed by atoms with Gasteiger partial charge in [-0.25, -0.2) is 8.78 Å². The van der Waals surface area contributed by atoms with Crippen molar-refractivity contribution >= 4 is 5.91 Å². The highest BCUT2D eigenvalue weighted by Gasteiger charge is 2.14. The van der Waals surface area contributed by atoms with Crippen LogP contribution < -0.4 is 5.32 Å². The van der Waals surface area contributed by atoms with Gasteiger partial charge < -0.3 is 10.1 Å². The molecule has 0 aromatic heterocycles. The summed E-state index contributed by atoms with van der Waals surface area (Å²) >= 11 is 0. The van der Waals surface area contributed by atoms with E-state index in [1.54, 1.807) is 0 Å². The average Bonchev–Trinajstić information content (AvgIpc) is 2.36. The van der Waals surface area contributed by atoms with Crippen LogP contribution in [0.3, 0.4) is 0 Å². The van der Waals surface area contributed by atoms with Gasteiger partial charge in [0, 0.05) is 19.8 Å². The van der Waals surface area contributed by atoms with Crippen LogP contribution in [0.15, 0.2) is 18.2 Å². The molecule has 0 spiro atoms. The van der Waals surface area contributed by atoms with Gasteiger partial charge in [-0.3, -0.25) is 4.79 Å². The van der Waals surface area contributed by atoms with E-state index in [0.29, 0.717) is 26.2 Å². The van der Waals surface area contributed by atoms with Gasteiger partial charge in [0.05, 0.1) is 5.56 Å². The number of hydrogen-bond acceptors (Lipinski definition) is 2. The lowest BCUT2D eigenvalue weighted by molar-refractivity contribution is 0.0936. The highest BCUT2D eigenvalue weighted by atomic mass is 19.2. The van der Waals surface area contributed by atoms with Crippen LogP contribution in [-0.2, 0) is 4.74 Å². The monoisotopic (exact) mass is 257 g/mol. The molecule has 0 saturated heterocycles. The van der Waals surface area contributed by atoms with E-state index in [2.05, 4.69) is 5.32 Å². The molecule has 100 valence electrons. The van der Waals surface area contributed by atoms with Gasteiger partial charge >= 0.3 is 0 Å². The quantitative estimate of drug-likeness (QED) is 0.762. The average molecular weight is 257 g/mol. The Balaban J connectivity index is 2.35. The molecule has 0 unspecified atom stereocenters. The van der Waals surface area contributed by atoms with Crippen LogP contribution in [-0.4, -0.2) is 25.7 Å². The molecule has 1 aromatic rings. The lowest BCUT2D eigenvalue weighted by atomic mass is 10.2. The van der Waals surface area contributed by atoms with Gasteiger partial charge in [-0.15, -0.1) is 0 Å². The lowest BCUT2D eigenvalue weighted by Gasteiger charge is -2.06. The zero-order valence-electron chi connectivity index (χ0n) is 10.3. The summed E-state index contributed by atoms with van der Waals surface area (Å²) in [5, 5.41) is 2.52. The van der Waals surface area contributed by atoms with Crippen LogP contribution in [0, 0.1) is 11.6 Å². The third kappa shape index (κ3) is 4.41. The molecule has 1 amide bonds. The van der Waals surface area contributed by atoms with Crippen LogP contribution in [0.4, 0.5) is 8.78 Å². The standard InChI is InChI=1S/C13H17F2NO2/c1-2-8-18-9-4-7-16-13(17)10-5-3-6-11(14)12(10)15/h3,5-6H,2,4,7-9H2,1H3,(H,16,17). The smallest absolute Gasteiger partial charge is 0.254 e. The van der Waals surface area contributed by atoms with Gasteiger partial charge in [0.2, 0.25) is 0 Å². The molecule has 0 aliphatic carbocycles. The molecule has 0 atom stereocenters. The Morgan fingerprint density at radius 3 is 2.83 bits per heavy atom. The largest absolute Gasteiger partial charge is 0.381 e. The summed E-state index contributed by atoms with van der Waals surface area (Å²) in [5.41, 5.74) is -0.274. The third-order valence-electron chi connectivity index (χ3n) is 2.30. The van der Waals surface area contributed by atoms with Gasteiger partial charge in [-0.05, 0) is 25.0 Å². The van der Waals surface area contributed by atoms with E-state index in [9.17, 15) is 13.6 Å². The summed E-state index contributed by atoms with van der Waals surface area (Å²) < 4.78 is 31.4. The molecule has 1 rings (SSSR count). The first-order chi connectivity index (χ1) is 8.66. The zero-order valence-corrected chi connectivity index (χ0v) is 10.3. The van der Waals surface area contributed by atoms with E-state index >= 15 is 0 Å². The molecule has 0 aliphatic heterocycles. The molecule has 1 aromatic carbocycles. The Morgan fingerprint density at radius 2 is 2.11 bits per heavy atom. The van der Waals surface area contributed by atoms with Crippen molar-refractivity contribution in [2.75, 3.05) is 19.8 Å². The molecular weight excluding hydrogens is 240 g/mol. The van der Waals surface area contributed by atoms with Gasteiger partial charge in [0.25, 0.3) is 5.91 Å². The first-order valence-electron chi connectivity index (χ1n) is 5.96. The minimum Gasteiger partial charge on any atom is -0.381 e. The lowest BCUT2D eigenvalue weighted by Crippen LogP contribution is -2.26. The topological polar surface area (TPSA) is 38.3 Å². The van der Waals surface area contributed by atoms with Crippen LogP contribution in [0.25, 0.3) is 0 Å². The Kier molecular flexibility index (Phi) is 6.28. The van der Waals surface area contributed by atoms with Gasteiger partial charge in [-0.1, -0.05) is 13.0 Å². The summed E-state index contributed by atoms with van der Waals surface area (Å²) in [4.78, 5) is 11.5. The molecule has 0 heterocycles. The number of amides is 1. The number of hydrogen-bond donors (Lipinski definition) is 1. The summed E-state index contributed by atoms with van der Waals surface area (Å²) in [5.74, 6) is -2.74. The van der Waals surface area contributed by atoms with Crippen molar-refractivity contribution < 1.29 is 18.3 Å². The molecule has 5 heteroatoms. The minimum atomic E-state index is -1.11. The number of carbonyl (C=O) groups is 1. The van der Waals surface area contributed by atoms with Crippen molar-refractivity contribution in [3.63, 3.8) is 0 Å². The van der Waals surface area contributed by atoms with E-state index in [-0.39, 0.29) is 5.56 Å². The van der Waals surface area contributed by atoms with Gasteiger partial charge in [0.15, 0.2) is 11.6 Å². The van der Waals surface area contributed by atoms with E-state index in [4.69, 9.17) is 4.74 Å². The van der Waals surface area contributed by atoms with Gasteiger partial charge in [0.1, 0.15) is 0 Å².